The van der Waals surface area contributed by atoms with Gasteiger partial charge in [-0.05, 0) is 66.6 Å². The Morgan fingerprint density at radius 2 is 1.53 bits per heavy atom. The van der Waals surface area contributed by atoms with E-state index < -0.39 is 17.1 Å². The Bertz CT molecular complexity index is 2170. The second-order valence-corrected chi connectivity index (χ2v) is 13.5. The van der Waals surface area contributed by atoms with Gasteiger partial charge < -0.3 is 20.7 Å². The number of benzene rings is 5. The van der Waals surface area contributed by atoms with Crippen molar-refractivity contribution >= 4 is 57.7 Å². The van der Waals surface area contributed by atoms with Crippen LogP contribution in [0, 0.1) is 6.92 Å². The zero-order valence-corrected chi connectivity index (χ0v) is 29.5. The van der Waals surface area contributed by atoms with Crippen molar-refractivity contribution < 1.29 is 19.1 Å². The molecule has 0 saturated carbocycles. The fraction of sp³-hybridized carbons (Fsp3) is 0.0732. The lowest BCUT2D eigenvalue weighted by Crippen LogP contribution is -2.30. The molecule has 0 radical (unpaired) electrons. The van der Waals surface area contributed by atoms with Crippen LogP contribution >= 0.6 is 23.1 Å². The molecule has 0 aliphatic carbocycles. The van der Waals surface area contributed by atoms with Gasteiger partial charge in [-0.15, -0.1) is 23.1 Å². The van der Waals surface area contributed by atoms with Crippen LogP contribution in [0.15, 0.2) is 149 Å². The maximum atomic E-state index is 13.8. The Hall–Kier alpha value is -5.97. The van der Waals surface area contributed by atoms with E-state index in [4.69, 9.17) is 4.74 Å². The first kappa shape index (κ1) is 34.9. The van der Waals surface area contributed by atoms with Crippen molar-refractivity contribution in [3.63, 3.8) is 0 Å². The van der Waals surface area contributed by atoms with E-state index in [9.17, 15) is 14.4 Å². The van der Waals surface area contributed by atoms with Gasteiger partial charge in [-0.2, -0.15) is 0 Å². The van der Waals surface area contributed by atoms with Crippen LogP contribution in [0.3, 0.4) is 0 Å². The molecule has 0 aliphatic heterocycles. The van der Waals surface area contributed by atoms with Crippen LogP contribution < -0.4 is 20.7 Å². The molecule has 1 heterocycles. The third-order valence-corrected chi connectivity index (χ3v) is 9.71. The molecule has 6 aromatic rings. The monoisotopic (exact) mass is 710 g/mol. The highest BCUT2D eigenvalue weighted by Gasteiger charge is 2.24. The number of carbonyl (C=O) groups is 3. The van der Waals surface area contributed by atoms with Crippen LogP contribution in [-0.2, 0) is 9.59 Å². The number of aromatic nitrogens is 1. The van der Waals surface area contributed by atoms with E-state index in [0.29, 0.717) is 16.4 Å². The summed E-state index contributed by atoms with van der Waals surface area (Å²) in [4.78, 5) is 46.0. The van der Waals surface area contributed by atoms with Crippen molar-refractivity contribution in [3.05, 3.63) is 167 Å². The summed E-state index contributed by atoms with van der Waals surface area (Å²) in [5.41, 5.74) is 5.29. The molecule has 10 heteroatoms. The van der Waals surface area contributed by atoms with Gasteiger partial charge >= 0.3 is 0 Å². The second-order valence-electron chi connectivity index (χ2n) is 11.4. The highest BCUT2D eigenvalue weighted by atomic mass is 32.2. The smallest absolute Gasteiger partial charge is 0.272 e. The summed E-state index contributed by atoms with van der Waals surface area (Å²) in [6.45, 7) is 1.98. The summed E-state index contributed by atoms with van der Waals surface area (Å²) in [5, 5.41) is 10.5. The van der Waals surface area contributed by atoms with Crippen molar-refractivity contribution in [1.29, 1.82) is 0 Å². The lowest BCUT2D eigenvalue weighted by molar-refractivity contribution is -0.116. The predicted molar refractivity (Wildman–Crippen MR) is 206 cm³/mol. The summed E-state index contributed by atoms with van der Waals surface area (Å²) in [6.07, 6.45) is 1.64. The minimum atomic E-state index is -0.622. The molecule has 1 atom stereocenters. The van der Waals surface area contributed by atoms with E-state index in [1.807, 2.05) is 109 Å². The number of amides is 3. The Morgan fingerprint density at radius 3 is 2.27 bits per heavy atom. The third-order valence-electron chi connectivity index (χ3n) is 7.70. The molecule has 1 aromatic heterocycles. The van der Waals surface area contributed by atoms with Gasteiger partial charge in [0.25, 0.3) is 11.8 Å². The molecule has 0 saturated heterocycles. The largest absolute Gasteiger partial charge is 0.497 e. The molecule has 6 rings (SSSR count). The lowest BCUT2D eigenvalue weighted by atomic mass is 10.1. The van der Waals surface area contributed by atoms with E-state index in [2.05, 4.69) is 20.9 Å². The summed E-state index contributed by atoms with van der Waals surface area (Å²) in [5.74, 6) is -0.407. The van der Waals surface area contributed by atoms with Crippen LogP contribution in [0.5, 0.6) is 5.75 Å². The zero-order valence-electron chi connectivity index (χ0n) is 27.8. The van der Waals surface area contributed by atoms with Crippen LogP contribution in [0.2, 0.25) is 0 Å². The number of nitrogens with one attached hydrogen (secondary N) is 3. The summed E-state index contributed by atoms with van der Waals surface area (Å²) < 4.78 is 5.35. The van der Waals surface area contributed by atoms with Crippen molar-refractivity contribution in [2.24, 2.45) is 0 Å². The molecule has 0 fully saturated rings. The van der Waals surface area contributed by atoms with Crippen molar-refractivity contribution in [2.75, 3.05) is 17.7 Å². The van der Waals surface area contributed by atoms with E-state index >= 15 is 0 Å². The number of thioether (sulfide) groups is 1. The van der Waals surface area contributed by atoms with E-state index in [1.54, 1.807) is 49.6 Å². The number of methoxy groups -OCH3 is 1. The topological polar surface area (TPSA) is 109 Å². The van der Waals surface area contributed by atoms with E-state index in [-0.39, 0.29) is 11.6 Å². The van der Waals surface area contributed by atoms with Crippen molar-refractivity contribution in [1.82, 2.24) is 10.3 Å². The number of hydrogen-bond donors (Lipinski definition) is 3. The Kier molecular flexibility index (Phi) is 11.4. The zero-order chi connectivity index (χ0) is 35.6. The van der Waals surface area contributed by atoms with Crippen LogP contribution in [0.4, 0.5) is 10.8 Å². The van der Waals surface area contributed by atoms with Gasteiger partial charge in [-0.25, -0.2) is 4.98 Å². The van der Waals surface area contributed by atoms with Crippen molar-refractivity contribution in [2.45, 2.75) is 17.1 Å². The number of carbonyl (C=O) groups excluding carboxylic acids is 3. The van der Waals surface area contributed by atoms with Crippen LogP contribution in [0.1, 0.15) is 32.3 Å². The number of thiazole rings is 1. The first-order valence-corrected chi connectivity index (χ1v) is 17.8. The average Bonchev–Trinajstić information content (AvgIpc) is 3.63. The molecule has 51 heavy (non-hydrogen) atoms. The van der Waals surface area contributed by atoms with Crippen LogP contribution in [0.25, 0.3) is 17.3 Å². The molecule has 1 unspecified atom stereocenters. The Balaban J connectivity index is 1.20. The number of ether oxygens (including phenoxy) is 1. The number of anilines is 2. The number of aryl methyl sites for hydroxylation is 1. The van der Waals surface area contributed by atoms with Gasteiger partial charge in [0.15, 0.2) is 5.13 Å². The van der Waals surface area contributed by atoms with Gasteiger partial charge in [0.1, 0.15) is 16.7 Å². The summed E-state index contributed by atoms with van der Waals surface area (Å²) in [7, 11) is 1.62. The molecule has 5 aromatic carbocycles. The van der Waals surface area contributed by atoms with Gasteiger partial charge in [-0.1, -0.05) is 96.6 Å². The van der Waals surface area contributed by atoms with E-state index in [1.165, 1.54) is 23.1 Å². The van der Waals surface area contributed by atoms with Gasteiger partial charge in [-0.3, -0.25) is 14.4 Å². The fourth-order valence-corrected chi connectivity index (χ4v) is 6.88. The molecular weight excluding hydrogens is 677 g/mol. The summed E-state index contributed by atoms with van der Waals surface area (Å²) >= 11 is 2.70. The molecule has 3 N–H and O–H groups in total. The molecule has 0 spiro atoms. The third kappa shape index (κ3) is 9.39. The SMILES string of the molecule is COc1cccc(-c2csc(NC(=O)C(Sc3cccc(NC(=O)/C(=C/c4ccc(C)cc4)NC(=O)c4ccccc4)c3)c3ccccc3)n2)c1. The lowest BCUT2D eigenvalue weighted by Gasteiger charge is -2.17. The van der Waals surface area contributed by atoms with Crippen molar-refractivity contribution in [3.8, 4) is 17.0 Å². The molecular formula is C41H34N4O4S2. The average molecular weight is 711 g/mol. The standard InChI is InChI=1S/C41H34N4O4S2/c1-27-19-21-28(22-20-27)23-35(43-38(46)30-13-7-4-8-14-30)39(47)42-32-16-10-18-34(25-32)51-37(29-11-5-3-6-12-29)40(48)45-41-44-36(26-50-41)31-15-9-17-33(24-31)49-2/h3-26,37H,1-2H3,(H,42,47)(H,43,46)(H,44,45,48)/b35-23-. The molecule has 3 amide bonds. The highest BCUT2D eigenvalue weighted by molar-refractivity contribution is 8.00. The minimum absolute atomic E-state index is 0.0871. The van der Waals surface area contributed by atoms with Gasteiger partial charge in [0.2, 0.25) is 5.91 Å². The number of hydrogen-bond acceptors (Lipinski definition) is 7. The maximum Gasteiger partial charge on any atom is 0.272 e. The first-order chi connectivity index (χ1) is 24.8. The van der Waals surface area contributed by atoms with Gasteiger partial charge in [0.05, 0.1) is 12.8 Å². The quantitative estimate of drug-likeness (QED) is 0.0864. The molecule has 254 valence electrons. The van der Waals surface area contributed by atoms with Gasteiger partial charge in [0, 0.05) is 27.1 Å². The Labute approximate surface area is 304 Å². The minimum Gasteiger partial charge on any atom is -0.497 e. The molecule has 8 nitrogen and oxygen atoms in total. The maximum absolute atomic E-state index is 13.8. The normalized spacial score (nSPS) is 11.7. The Morgan fingerprint density at radius 1 is 0.804 bits per heavy atom. The molecule has 0 bridgehead atoms. The first-order valence-electron chi connectivity index (χ1n) is 16.0. The summed E-state index contributed by atoms with van der Waals surface area (Å²) in [6, 6.07) is 40.7. The second kappa shape index (κ2) is 16.6. The predicted octanol–water partition coefficient (Wildman–Crippen LogP) is 9.01. The van der Waals surface area contributed by atoms with Crippen LogP contribution in [-0.4, -0.2) is 29.8 Å². The fourth-order valence-electron chi connectivity index (χ4n) is 5.07. The van der Waals surface area contributed by atoms with E-state index in [0.717, 1.165) is 38.6 Å². The molecule has 0 aliphatic rings. The number of rotatable bonds is 12. The number of nitrogens with zero attached hydrogens (tertiary/aromatic N) is 1. The highest BCUT2D eigenvalue weighted by Crippen LogP contribution is 2.38.